The lowest BCUT2D eigenvalue weighted by atomic mass is 9.89. The van der Waals surface area contributed by atoms with E-state index in [1.165, 1.54) is 0 Å². The molecule has 19 heavy (non-hydrogen) atoms. The van der Waals surface area contributed by atoms with Gasteiger partial charge in [0, 0.05) is 19.0 Å². The Kier molecular flexibility index (Phi) is 4.45. The second-order valence-corrected chi connectivity index (χ2v) is 5.89. The maximum atomic E-state index is 12.5. The average Bonchev–Trinajstić information content (AvgIpc) is 2.37. The highest BCUT2D eigenvalue weighted by Crippen LogP contribution is 2.28. The van der Waals surface area contributed by atoms with Crippen LogP contribution in [0.4, 0.5) is 0 Å². The normalized spacial score (nSPS) is 36.0. The molecule has 0 aromatic rings. The summed E-state index contributed by atoms with van der Waals surface area (Å²) in [5, 5.41) is 9.07. The van der Waals surface area contributed by atoms with Crippen LogP contribution in [0.1, 0.15) is 39.5 Å². The van der Waals surface area contributed by atoms with Crippen molar-refractivity contribution in [3.05, 3.63) is 0 Å². The standard InChI is InChI=1S/C14H23NO4/c1-9-6-12(7-10(2)19-9)13(16)15-5-3-4-11(8-15)14(17)18/h9-12H,3-8H2,1-2H3,(H,17,18). The van der Waals surface area contributed by atoms with Crippen LogP contribution in [0.15, 0.2) is 0 Å². The summed E-state index contributed by atoms with van der Waals surface area (Å²) in [5.74, 6) is -1.07. The molecule has 2 saturated heterocycles. The molecule has 3 unspecified atom stereocenters. The lowest BCUT2D eigenvalue weighted by Crippen LogP contribution is -2.47. The lowest BCUT2D eigenvalue weighted by Gasteiger charge is -2.37. The van der Waals surface area contributed by atoms with Crippen LogP contribution in [0.2, 0.25) is 0 Å². The fourth-order valence-corrected chi connectivity index (χ4v) is 3.24. The van der Waals surface area contributed by atoms with Gasteiger partial charge >= 0.3 is 5.97 Å². The molecule has 2 heterocycles. The number of nitrogens with zero attached hydrogens (tertiary/aromatic N) is 1. The van der Waals surface area contributed by atoms with Crippen molar-refractivity contribution in [3.8, 4) is 0 Å². The van der Waals surface area contributed by atoms with Gasteiger partial charge in [-0.15, -0.1) is 0 Å². The number of ether oxygens (including phenoxy) is 1. The molecule has 0 aliphatic carbocycles. The molecule has 1 amide bonds. The molecule has 3 atom stereocenters. The zero-order chi connectivity index (χ0) is 14.0. The molecule has 0 aromatic carbocycles. The SMILES string of the molecule is CC1CC(C(=O)N2CCCC(C(=O)O)C2)CC(C)O1. The number of carboxylic acids is 1. The van der Waals surface area contributed by atoms with Crippen LogP contribution in [-0.2, 0) is 14.3 Å². The van der Waals surface area contributed by atoms with E-state index in [-0.39, 0.29) is 24.0 Å². The first kappa shape index (κ1) is 14.3. The first-order chi connectivity index (χ1) is 8.97. The van der Waals surface area contributed by atoms with E-state index in [1.54, 1.807) is 4.90 Å². The highest BCUT2D eigenvalue weighted by molar-refractivity contribution is 5.80. The zero-order valence-electron chi connectivity index (χ0n) is 11.7. The predicted molar refractivity (Wildman–Crippen MR) is 69.7 cm³/mol. The molecule has 0 bridgehead atoms. The number of amides is 1. The Morgan fingerprint density at radius 3 is 2.37 bits per heavy atom. The van der Waals surface area contributed by atoms with Crippen molar-refractivity contribution in [2.75, 3.05) is 13.1 Å². The maximum absolute atomic E-state index is 12.5. The largest absolute Gasteiger partial charge is 0.481 e. The van der Waals surface area contributed by atoms with Gasteiger partial charge in [-0.05, 0) is 39.5 Å². The molecule has 2 aliphatic rings. The van der Waals surface area contributed by atoms with Crippen LogP contribution in [0.5, 0.6) is 0 Å². The van der Waals surface area contributed by atoms with Crippen LogP contribution >= 0.6 is 0 Å². The average molecular weight is 269 g/mol. The Hall–Kier alpha value is -1.10. The summed E-state index contributed by atoms with van der Waals surface area (Å²) in [5.41, 5.74) is 0. The summed E-state index contributed by atoms with van der Waals surface area (Å²) >= 11 is 0. The molecule has 5 heteroatoms. The van der Waals surface area contributed by atoms with E-state index >= 15 is 0 Å². The van der Waals surface area contributed by atoms with Gasteiger partial charge in [-0.3, -0.25) is 9.59 Å². The van der Waals surface area contributed by atoms with Gasteiger partial charge in [-0.25, -0.2) is 0 Å². The maximum Gasteiger partial charge on any atom is 0.308 e. The van der Waals surface area contributed by atoms with E-state index in [4.69, 9.17) is 9.84 Å². The third-order valence-electron chi connectivity index (χ3n) is 4.13. The highest BCUT2D eigenvalue weighted by atomic mass is 16.5. The highest BCUT2D eigenvalue weighted by Gasteiger charge is 2.35. The van der Waals surface area contributed by atoms with E-state index in [2.05, 4.69) is 0 Å². The fraction of sp³-hybridized carbons (Fsp3) is 0.857. The van der Waals surface area contributed by atoms with Crippen molar-refractivity contribution in [2.24, 2.45) is 11.8 Å². The number of aliphatic carboxylic acids is 1. The Balaban J connectivity index is 1.96. The van der Waals surface area contributed by atoms with Gasteiger partial charge in [0.25, 0.3) is 0 Å². The molecule has 0 aromatic heterocycles. The number of carbonyl (C=O) groups excluding carboxylic acids is 1. The van der Waals surface area contributed by atoms with E-state index in [0.717, 1.165) is 19.3 Å². The minimum Gasteiger partial charge on any atom is -0.481 e. The molecule has 0 saturated carbocycles. The van der Waals surface area contributed by atoms with Gasteiger partial charge < -0.3 is 14.7 Å². The molecule has 108 valence electrons. The van der Waals surface area contributed by atoms with E-state index in [1.807, 2.05) is 13.8 Å². The molecule has 2 rings (SSSR count). The molecule has 1 N–H and O–H groups in total. The topological polar surface area (TPSA) is 66.8 Å². The third-order valence-corrected chi connectivity index (χ3v) is 4.13. The van der Waals surface area contributed by atoms with Crippen molar-refractivity contribution < 1.29 is 19.4 Å². The second-order valence-electron chi connectivity index (χ2n) is 5.89. The Morgan fingerprint density at radius 1 is 1.16 bits per heavy atom. The van der Waals surface area contributed by atoms with E-state index in [0.29, 0.717) is 19.5 Å². The first-order valence-electron chi connectivity index (χ1n) is 7.14. The van der Waals surface area contributed by atoms with Crippen molar-refractivity contribution >= 4 is 11.9 Å². The van der Waals surface area contributed by atoms with Crippen molar-refractivity contribution in [1.82, 2.24) is 4.90 Å². The smallest absolute Gasteiger partial charge is 0.308 e. The van der Waals surface area contributed by atoms with Crippen molar-refractivity contribution in [3.63, 3.8) is 0 Å². The Bertz CT molecular complexity index is 347. The van der Waals surface area contributed by atoms with Gasteiger partial charge in [0.1, 0.15) is 0 Å². The minimum absolute atomic E-state index is 0.00806. The number of carbonyl (C=O) groups is 2. The lowest BCUT2D eigenvalue weighted by molar-refractivity contribution is -0.150. The molecule has 0 radical (unpaired) electrons. The zero-order valence-corrected chi connectivity index (χ0v) is 11.7. The monoisotopic (exact) mass is 269 g/mol. The number of piperidine rings is 1. The number of rotatable bonds is 2. The fourth-order valence-electron chi connectivity index (χ4n) is 3.24. The van der Waals surface area contributed by atoms with Gasteiger partial charge in [0.2, 0.25) is 5.91 Å². The number of likely N-dealkylation sites (tertiary alicyclic amines) is 1. The molecular weight excluding hydrogens is 246 g/mol. The second kappa shape index (κ2) is 5.90. The van der Waals surface area contributed by atoms with E-state index < -0.39 is 11.9 Å². The van der Waals surface area contributed by atoms with Crippen molar-refractivity contribution in [1.29, 1.82) is 0 Å². The summed E-state index contributed by atoms with van der Waals surface area (Å²) in [6.45, 7) is 5.05. The quantitative estimate of drug-likeness (QED) is 0.825. The Labute approximate surface area is 113 Å². The Morgan fingerprint density at radius 2 is 1.79 bits per heavy atom. The number of hydrogen-bond acceptors (Lipinski definition) is 3. The van der Waals surface area contributed by atoms with E-state index in [9.17, 15) is 9.59 Å². The van der Waals surface area contributed by atoms with Crippen LogP contribution in [0.25, 0.3) is 0 Å². The van der Waals surface area contributed by atoms with Crippen LogP contribution < -0.4 is 0 Å². The molecule has 5 nitrogen and oxygen atoms in total. The van der Waals surface area contributed by atoms with Crippen LogP contribution in [-0.4, -0.2) is 47.2 Å². The number of carboxylic acid groups (broad SMARTS) is 1. The summed E-state index contributed by atoms with van der Waals surface area (Å²) < 4.78 is 5.65. The van der Waals surface area contributed by atoms with Crippen molar-refractivity contribution in [2.45, 2.75) is 51.7 Å². The predicted octanol–water partition coefficient (Wildman–Crippen LogP) is 1.51. The van der Waals surface area contributed by atoms with Crippen LogP contribution in [0.3, 0.4) is 0 Å². The molecular formula is C14H23NO4. The summed E-state index contributed by atoms with van der Waals surface area (Å²) in [6, 6.07) is 0. The van der Waals surface area contributed by atoms with Gasteiger partial charge in [-0.2, -0.15) is 0 Å². The first-order valence-corrected chi connectivity index (χ1v) is 7.14. The van der Waals surface area contributed by atoms with Gasteiger partial charge in [0.05, 0.1) is 18.1 Å². The summed E-state index contributed by atoms with van der Waals surface area (Å²) in [4.78, 5) is 25.3. The molecule has 0 spiro atoms. The van der Waals surface area contributed by atoms with Gasteiger partial charge in [-0.1, -0.05) is 0 Å². The molecule has 2 fully saturated rings. The number of hydrogen-bond donors (Lipinski definition) is 1. The third kappa shape index (κ3) is 3.47. The summed E-state index contributed by atoms with van der Waals surface area (Å²) in [7, 11) is 0. The van der Waals surface area contributed by atoms with Gasteiger partial charge in [0.15, 0.2) is 0 Å². The summed E-state index contributed by atoms with van der Waals surface area (Å²) in [6.07, 6.45) is 3.18. The minimum atomic E-state index is -0.786. The molecule has 2 aliphatic heterocycles. The van der Waals surface area contributed by atoms with Crippen LogP contribution in [0, 0.1) is 11.8 Å².